The Balaban J connectivity index is 1.91. The molecule has 0 atom stereocenters. The smallest absolute Gasteiger partial charge is 0.269 e. The van der Waals surface area contributed by atoms with Crippen LogP contribution < -0.4 is 10.1 Å². The lowest BCUT2D eigenvalue weighted by Crippen LogP contribution is -2.18. The van der Waals surface area contributed by atoms with Crippen molar-refractivity contribution in [2.75, 3.05) is 7.05 Å². The fraction of sp³-hybridized carbons (Fsp3) is 0.0588. The molecule has 0 bridgehead atoms. The van der Waals surface area contributed by atoms with Gasteiger partial charge in [0, 0.05) is 24.2 Å². The molecule has 1 aromatic heterocycles. The third kappa shape index (κ3) is 3.04. The maximum Gasteiger partial charge on any atom is 0.269 e. The average Bonchev–Trinajstić information content (AvgIpc) is 2.54. The highest BCUT2D eigenvalue weighted by molar-refractivity contribution is 7.80. The average molecular weight is 310 g/mol. The number of nitrogens with zero attached hydrogens (tertiary/aromatic N) is 1. The zero-order chi connectivity index (χ0) is 15.5. The van der Waals surface area contributed by atoms with E-state index in [9.17, 15) is 4.79 Å². The van der Waals surface area contributed by atoms with E-state index in [4.69, 9.17) is 4.74 Å². The first kappa shape index (κ1) is 14.4. The predicted molar refractivity (Wildman–Crippen MR) is 88.9 cm³/mol. The quantitative estimate of drug-likeness (QED) is 0.726. The largest absolute Gasteiger partial charge is 0.457 e. The second-order valence-corrected chi connectivity index (χ2v) is 5.27. The van der Waals surface area contributed by atoms with Crippen LogP contribution in [0.15, 0.2) is 59.6 Å². The molecule has 3 rings (SSSR count). The van der Waals surface area contributed by atoms with Gasteiger partial charge in [0.1, 0.15) is 17.2 Å². The molecule has 1 amide bonds. The summed E-state index contributed by atoms with van der Waals surface area (Å²) in [7, 11) is 1.57. The minimum absolute atomic E-state index is 0.247. The Morgan fingerprint density at radius 1 is 1.05 bits per heavy atom. The Kier molecular flexibility index (Phi) is 3.98. The van der Waals surface area contributed by atoms with Gasteiger partial charge in [-0.2, -0.15) is 0 Å². The van der Waals surface area contributed by atoms with Crippen molar-refractivity contribution < 1.29 is 9.53 Å². The monoisotopic (exact) mass is 310 g/mol. The summed E-state index contributed by atoms with van der Waals surface area (Å²) in [6, 6.07) is 15.1. The highest BCUT2D eigenvalue weighted by Crippen LogP contribution is 2.27. The van der Waals surface area contributed by atoms with Crippen molar-refractivity contribution in [2.45, 2.75) is 4.90 Å². The first-order chi connectivity index (χ1) is 10.7. The van der Waals surface area contributed by atoms with Gasteiger partial charge in [-0.3, -0.25) is 9.78 Å². The predicted octanol–water partition coefficient (Wildman–Crippen LogP) is 3.68. The molecule has 0 unspecified atom stereocenters. The number of carbonyl (C=O) groups excluding carboxylic acids is 1. The SMILES string of the molecule is CNC(=O)c1cc(Oc2ccc3ccc(S)cc3c2)ccn1. The van der Waals surface area contributed by atoms with Crippen LogP contribution in [-0.2, 0) is 0 Å². The zero-order valence-corrected chi connectivity index (χ0v) is 12.8. The van der Waals surface area contributed by atoms with Crippen LogP contribution in [0.2, 0.25) is 0 Å². The van der Waals surface area contributed by atoms with Crippen LogP contribution in [0, 0.1) is 0 Å². The molecule has 0 aliphatic carbocycles. The number of ether oxygens (including phenoxy) is 1. The van der Waals surface area contributed by atoms with Crippen molar-refractivity contribution in [3.8, 4) is 11.5 Å². The van der Waals surface area contributed by atoms with Crippen LogP contribution in [0.3, 0.4) is 0 Å². The van der Waals surface area contributed by atoms with Gasteiger partial charge < -0.3 is 10.1 Å². The Bertz CT molecular complexity index is 849. The van der Waals surface area contributed by atoms with Gasteiger partial charge in [-0.25, -0.2) is 0 Å². The number of thiol groups is 1. The number of aromatic nitrogens is 1. The molecule has 110 valence electrons. The molecule has 0 aliphatic rings. The van der Waals surface area contributed by atoms with Crippen LogP contribution in [0.25, 0.3) is 10.8 Å². The number of hydrogen-bond acceptors (Lipinski definition) is 4. The lowest BCUT2D eigenvalue weighted by Gasteiger charge is -2.08. The number of carbonyl (C=O) groups is 1. The molecule has 0 saturated heterocycles. The molecule has 0 spiro atoms. The van der Waals surface area contributed by atoms with Crippen molar-refractivity contribution in [1.82, 2.24) is 10.3 Å². The van der Waals surface area contributed by atoms with Crippen LogP contribution in [0.1, 0.15) is 10.5 Å². The molecule has 1 heterocycles. The Labute approximate surface area is 133 Å². The molecular formula is C17H14N2O2S. The Hall–Kier alpha value is -2.53. The summed E-state index contributed by atoms with van der Waals surface area (Å²) in [6.45, 7) is 0. The van der Waals surface area contributed by atoms with E-state index in [1.54, 1.807) is 25.4 Å². The maximum absolute atomic E-state index is 11.6. The number of benzene rings is 2. The summed E-state index contributed by atoms with van der Waals surface area (Å²) >= 11 is 4.35. The number of amides is 1. The van der Waals surface area contributed by atoms with Gasteiger partial charge in [-0.05, 0) is 41.1 Å². The molecule has 0 saturated carbocycles. The molecule has 3 aromatic rings. The Morgan fingerprint density at radius 3 is 2.64 bits per heavy atom. The maximum atomic E-state index is 11.6. The molecule has 0 radical (unpaired) electrons. The first-order valence-corrected chi connectivity index (χ1v) is 7.19. The number of rotatable bonds is 3. The highest BCUT2D eigenvalue weighted by Gasteiger charge is 2.07. The zero-order valence-electron chi connectivity index (χ0n) is 11.9. The summed E-state index contributed by atoms with van der Waals surface area (Å²) in [6.07, 6.45) is 1.55. The molecular weight excluding hydrogens is 296 g/mol. The fourth-order valence-electron chi connectivity index (χ4n) is 2.14. The number of fused-ring (bicyclic) bond motifs is 1. The molecule has 2 aromatic carbocycles. The summed E-state index contributed by atoms with van der Waals surface area (Å²) in [5.41, 5.74) is 0.318. The third-order valence-corrected chi connectivity index (χ3v) is 3.50. The molecule has 1 N–H and O–H groups in total. The van der Waals surface area contributed by atoms with E-state index in [1.165, 1.54) is 0 Å². The van der Waals surface area contributed by atoms with Crippen LogP contribution in [-0.4, -0.2) is 17.9 Å². The molecule has 4 nitrogen and oxygen atoms in total. The summed E-state index contributed by atoms with van der Waals surface area (Å²) in [5, 5.41) is 4.70. The highest BCUT2D eigenvalue weighted by atomic mass is 32.1. The summed E-state index contributed by atoms with van der Waals surface area (Å²) in [5.74, 6) is 1.01. The van der Waals surface area contributed by atoms with Gasteiger partial charge >= 0.3 is 0 Å². The van der Waals surface area contributed by atoms with Crippen molar-refractivity contribution in [3.63, 3.8) is 0 Å². The fourth-order valence-corrected chi connectivity index (χ4v) is 2.35. The minimum Gasteiger partial charge on any atom is -0.457 e. The number of hydrogen-bond donors (Lipinski definition) is 2. The standard InChI is InChI=1S/C17H14N2O2S/c1-18-17(20)16-10-14(6-7-19-16)21-13-4-2-11-3-5-15(22)9-12(11)8-13/h2-10,22H,1H3,(H,18,20). The minimum atomic E-state index is -0.247. The van der Waals surface area contributed by atoms with Crippen LogP contribution in [0.5, 0.6) is 11.5 Å². The normalized spacial score (nSPS) is 10.5. The van der Waals surface area contributed by atoms with Gasteiger partial charge in [0.25, 0.3) is 5.91 Å². The van der Waals surface area contributed by atoms with Gasteiger partial charge in [0.15, 0.2) is 0 Å². The lowest BCUT2D eigenvalue weighted by atomic mass is 10.1. The van der Waals surface area contributed by atoms with Crippen molar-refractivity contribution in [3.05, 3.63) is 60.4 Å². The van der Waals surface area contributed by atoms with E-state index in [-0.39, 0.29) is 5.91 Å². The number of nitrogens with one attached hydrogen (secondary N) is 1. The van der Waals surface area contributed by atoms with Crippen molar-refractivity contribution >= 4 is 29.3 Å². The van der Waals surface area contributed by atoms with E-state index in [2.05, 4.69) is 22.9 Å². The van der Waals surface area contributed by atoms with Crippen LogP contribution >= 0.6 is 12.6 Å². The van der Waals surface area contributed by atoms with E-state index in [1.807, 2.05) is 36.4 Å². The number of pyridine rings is 1. The van der Waals surface area contributed by atoms with Gasteiger partial charge in [-0.1, -0.05) is 12.1 Å². The lowest BCUT2D eigenvalue weighted by molar-refractivity contribution is 0.0958. The Morgan fingerprint density at radius 2 is 1.82 bits per heavy atom. The third-order valence-electron chi connectivity index (χ3n) is 3.22. The van der Waals surface area contributed by atoms with Crippen molar-refractivity contribution in [2.24, 2.45) is 0 Å². The van der Waals surface area contributed by atoms with Crippen molar-refractivity contribution in [1.29, 1.82) is 0 Å². The van der Waals surface area contributed by atoms with Crippen LogP contribution in [0.4, 0.5) is 0 Å². The second kappa shape index (κ2) is 6.07. The molecule has 22 heavy (non-hydrogen) atoms. The van der Waals surface area contributed by atoms with Gasteiger partial charge in [-0.15, -0.1) is 12.6 Å². The summed E-state index contributed by atoms with van der Waals surface area (Å²) < 4.78 is 5.82. The van der Waals surface area contributed by atoms with Gasteiger partial charge in [0.2, 0.25) is 0 Å². The van der Waals surface area contributed by atoms with E-state index in [0.717, 1.165) is 15.7 Å². The second-order valence-electron chi connectivity index (χ2n) is 4.75. The topological polar surface area (TPSA) is 51.2 Å². The molecule has 0 aliphatic heterocycles. The van der Waals surface area contributed by atoms with E-state index in [0.29, 0.717) is 17.2 Å². The first-order valence-electron chi connectivity index (χ1n) is 6.74. The van der Waals surface area contributed by atoms with E-state index >= 15 is 0 Å². The molecule has 0 fully saturated rings. The molecule has 5 heteroatoms. The van der Waals surface area contributed by atoms with E-state index < -0.39 is 0 Å². The summed E-state index contributed by atoms with van der Waals surface area (Å²) in [4.78, 5) is 16.5. The van der Waals surface area contributed by atoms with Gasteiger partial charge in [0.05, 0.1) is 0 Å².